The van der Waals surface area contributed by atoms with Gasteiger partial charge in [0.2, 0.25) is 0 Å². The molecular formula is C25H21N3O3. The Hall–Kier alpha value is -3.93. The molecular weight excluding hydrogens is 390 g/mol. The lowest BCUT2D eigenvalue weighted by atomic mass is 9.91. The summed E-state index contributed by atoms with van der Waals surface area (Å²) in [6.07, 6.45) is 0.750. The van der Waals surface area contributed by atoms with Gasteiger partial charge in [-0.25, -0.2) is 0 Å². The number of aromatic nitrogens is 1. The molecule has 0 bridgehead atoms. The summed E-state index contributed by atoms with van der Waals surface area (Å²) in [6.45, 7) is 2.56. The van der Waals surface area contributed by atoms with Crippen LogP contribution >= 0.6 is 0 Å². The van der Waals surface area contributed by atoms with Crippen molar-refractivity contribution in [3.63, 3.8) is 0 Å². The maximum atomic E-state index is 13.5. The number of non-ortho nitro benzene ring substituents is 1. The van der Waals surface area contributed by atoms with Crippen LogP contribution in [0.1, 0.15) is 38.8 Å². The highest BCUT2D eigenvalue weighted by Gasteiger charge is 2.35. The molecule has 6 nitrogen and oxygen atoms in total. The number of fused-ring (bicyclic) bond motifs is 3. The van der Waals surface area contributed by atoms with Crippen molar-refractivity contribution >= 4 is 22.5 Å². The topological polar surface area (TPSA) is 79.2 Å². The van der Waals surface area contributed by atoms with Crippen molar-refractivity contribution in [2.24, 2.45) is 0 Å². The Labute approximate surface area is 179 Å². The number of hydrogen-bond acceptors (Lipinski definition) is 3. The van der Waals surface area contributed by atoms with E-state index in [4.69, 9.17) is 0 Å². The number of carbonyl (C=O) groups excluding carboxylic acids is 1. The number of nitrogens with zero attached hydrogens (tertiary/aromatic N) is 2. The molecule has 1 aliphatic rings. The van der Waals surface area contributed by atoms with Crippen molar-refractivity contribution in [3.05, 3.63) is 111 Å². The Kier molecular flexibility index (Phi) is 4.55. The Morgan fingerprint density at radius 1 is 1.03 bits per heavy atom. The van der Waals surface area contributed by atoms with Crippen LogP contribution in [0.4, 0.5) is 5.69 Å². The van der Waals surface area contributed by atoms with Crippen LogP contribution in [-0.4, -0.2) is 27.3 Å². The predicted octanol–water partition coefficient (Wildman–Crippen LogP) is 5.17. The van der Waals surface area contributed by atoms with Crippen LogP contribution in [0.2, 0.25) is 0 Å². The minimum absolute atomic E-state index is 0.0350. The average Bonchev–Trinajstić information content (AvgIpc) is 3.17. The number of amides is 1. The molecule has 154 valence electrons. The van der Waals surface area contributed by atoms with E-state index in [1.165, 1.54) is 17.7 Å². The molecule has 1 aromatic heterocycles. The third kappa shape index (κ3) is 3.26. The molecule has 3 aromatic carbocycles. The number of carbonyl (C=O) groups is 1. The lowest BCUT2D eigenvalue weighted by Gasteiger charge is -2.36. The zero-order valence-electron chi connectivity index (χ0n) is 17.0. The molecule has 0 unspecified atom stereocenters. The third-order valence-electron chi connectivity index (χ3n) is 6.01. The number of aromatic amines is 1. The molecule has 6 heteroatoms. The predicted molar refractivity (Wildman–Crippen MR) is 119 cm³/mol. The molecule has 0 saturated heterocycles. The summed E-state index contributed by atoms with van der Waals surface area (Å²) in [5.74, 6) is -0.0485. The van der Waals surface area contributed by atoms with Crippen LogP contribution in [-0.2, 0) is 6.42 Å². The summed E-state index contributed by atoms with van der Waals surface area (Å²) < 4.78 is 0. The Morgan fingerprint density at radius 2 is 1.74 bits per heavy atom. The molecule has 0 radical (unpaired) electrons. The normalized spacial score (nSPS) is 15.6. The number of para-hydroxylation sites is 1. The Bertz CT molecular complexity index is 1290. The highest BCUT2D eigenvalue weighted by Crippen LogP contribution is 2.39. The molecule has 1 amide bonds. The van der Waals surface area contributed by atoms with Gasteiger partial charge < -0.3 is 9.88 Å². The molecule has 5 rings (SSSR count). The van der Waals surface area contributed by atoms with Gasteiger partial charge in [-0.1, -0.05) is 35.9 Å². The second-order valence-electron chi connectivity index (χ2n) is 7.93. The molecule has 1 aliphatic heterocycles. The van der Waals surface area contributed by atoms with Crippen LogP contribution in [0.15, 0.2) is 72.8 Å². The number of H-pyrrole nitrogens is 1. The van der Waals surface area contributed by atoms with Crippen molar-refractivity contribution in [2.75, 3.05) is 6.54 Å². The number of hydrogen-bond donors (Lipinski definition) is 1. The molecule has 2 heterocycles. The van der Waals surface area contributed by atoms with E-state index in [0.717, 1.165) is 34.1 Å². The van der Waals surface area contributed by atoms with Gasteiger partial charge >= 0.3 is 0 Å². The van der Waals surface area contributed by atoms with E-state index in [1.54, 1.807) is 12.1 Å². The number of benzene rings is 3. The largest absolute Gasteiger partial charge is 0.356 e. The first-order valence-electron chi connectivity index (χ1n) is 10.2. The summed E-state index contributed by atoms with van der Waals surface area (Å²) in [5.41, 5.74) is 5.82. The fourth-order valence-corrected chi connectivity index (χ4v) is 4.45. The fourth-order valence-electron chi connectivity index (χ4n) is 4.45. The van der Waals surface area contributed by atoms with Gasteiger partial charge in [-0.05, 0) is 54.8 Å². The van der Waals surface area contributed by atoms with E-state index in [2.05, 4.69) is 11.1 Å². The van der Waals surface area contributed by atoms with Gasteiger partial charge in [0.1, 0.15) is 0 Å². The van der Waals surface area contributed by atoms with Crippen LogP contribution in [0.5, 0.6) is 0 Å². The minimum Gasteiger partial charge on any atom is -0.356 e. The van der Waals surface area contributed by atoms with E-state index in [9.17, 15) is 14.9 Å². The fraction of sp³-hybridized carbons (Fsp3) is 0.160. The Morgan fingerprint density at radius 3 is 2.45 bits per heavy atom. The lowest BCUT2D eigenvalue weighted by Crippen LogP contribution is -2.40. The quantitative estimate of drug-likeness (QED) is 0.373. The van der Waals surface area contributed by atoms with E-state index >= 15 is 0 Å². The van der Waals surface area contributed by atoms with Crippen LogP contribution in [0, 0.1) is 17.0 Å². The van der Waals surface area contributed by atoms with E-state index in [-0.39, 0.29) is 17.6 Å². The first kappa shape index (κ1) is 19.1. The van der Waals surface area contributed by atoms with Crippen molar-refractivity contribution in [1.29, 1.82) is 0 Å². The van der Waals surface area contributed by atoms with Crippen molar-refractivity contribution in [3.8, 4) is 0 Å². The highest BCUT2D eigenvalue weighted by atomic mass is 16.6. The zero-order chi connectivity index (χ0) is 21.5. The Balaban J connectivity index is 1.64. The highest BCUT2D eigenvalue weighted by molar-refractivity contribution is 5.95. The first-order chi connectivity index (χ1) is 15.0. The first-order valence-corrected chi connectivity index (χ1v) is 10.2. The summed E-state index contributed by atoms with van der Waals surface area (Å²) >= 11 is 0. The minimum atomic E-state index is -0.408. The molecule has 31 heavy (non-hydrogen) atoms. The van der Waals surface area contributed by atoms with Crippen LogP contribution in [0.3, 0.4) is 0 Å². The number of rotatable bonds is 3. The summed E-state index contributed by atoms with van der Waals surface area (Å²) in [5, 5.41) is 12.3. The van der Waals surface area contributed by atoms with Gasteiger partial charge in [0.15, 0.2) is 0 Å². The maximum absolute atomic E-state index is 13.5. The molecule has 1 atom stereocenters. The molecule has 1 N–H and O–H groups in total. The lowest BCUT2D eigenvalue weighted by molar-refractivity contribution is -0.384. The van der Waals surface area contributed by atoms with E-state index in [1.807, 2.05) is 54.3 Å². The number of aryl methyl sites for hydroxylation is 1. The number of nitro benzene ring substituents is 1. The van der Waals surface area contributed by atoms with Gasteiger partial charge in [-0.2, -0.15) is 0 Å². The summed E-state index contributed by atoms with van der Waals surface area (Å²) in [6, 6.07) is 21.9. The monoisotopic (exact) mass is 411 g/mol. The second kappa shape index (κ2) is 7.40. The standard InChI is InChI=1S/C25H21N3O3/c1-16-6-8-18(9-7-16)25(29)27-15-14-21-20-4-2-3-5-22(20)26-23(21)24(27)17-10-12-19(13-11-17)28(30)31/h2-13,24,26H,14-15H2,1H3/t24-/m1/s1. The molecule has 4 aromatic rings. The smallest absolute Gasteiger partial charge is 0.269 e. The van der Waals surface area contributed by atoms with Crippen LogP contribution < -0.4 is 0 Å². The van der Waals surface area contributed by atoms with Gasteiger partial charge in [-0.15, -0.1) is 0 Å². The molecule has 0 spiro atoms. The average molecular weight is 411 g/mol. The zero-order valence-corrected chi connectivity index (χ0v) is 17.0. The SMILES string of the molecule is Cc1ccc(C(=O)N2CCc3c([nH]c4ccccc34)[C@H]2c2ccc([N+](=O)[O-])cc2)cc1. The van der Waals surface area contributed by atoms with Gasteiger partial charge in [0, 0.05) is 40.8 Å². The summed E-state index contributed by atoms with van der Waals surface area (Å²) in [4.78, 5) is 29.6. The van der Waals surface area contributed by atoms with E-state index in [0.29, 0.717) is 12.1 Å². The van der Waals surface area contributed by atoms with Gasteiger partial charge in [-0.3, -0.25) is 14.9 Å². The summed E-state index contributed by atoms with van der Waals surface area (Å²) in [7, 11) is 0. The van der Waals surface area contributed by atoms with E-state index < -0.39 is 4.92 Å². The second-order valence-corrected chi connectivity index (χ2v) is 7.93. The number of nitro groups is 1. The third-order valence-corrected chi connectivity index (χ3v) is 6.01. The van der Waals surface area contributed by atoms with Crippen molar-refractivity contribution in [2.45, 2.75) is 19.4 Å². The van der Waals surface area contributed by atoms with Crippen LogP contribution in [0.25, 0.3) is 10.9 Å². The maximum Gasteiger partial charge on any atom is 0.269 e. The number of nitrogens with one attached hydrogen (secondary N) is 1. The van der Waals surface area contributed by atoms with Gasteiger partial charge in [0.25, 0.3) is 11.6 Å². The van der Waals surface area contributed by atoms with Gasteiger partial charge in [0.05, 0.1) is 11.0 Å². The molecule has 0 aliphatic carbocycles. The molecule has 0 fully saturated rings. The van der Waals surface area contributed by atoms with Crippen molar-refractivity contribution < 1.29 is 9.72 Å². The van der Waals surface area contributed by atoms with Crippen molar-refractivity contribution in [1.82, 2.24) is 9.88 Å². The molecule has 0 saturated carbocycles.